The van der Waals surface area contributed by atoms with Crippen LogP contribution in [0.3, 0.4) is 0 Å². The lowest BCUT2D eigenvalue weighted by atomic mass is 9.99. The van der Waals surface area contributed by atoms with Gasteiger partial charge < -0.3 is 14.6 Å². The summed E-state index contributed by atoms with van der Waals surface area (Å²) in [5, 5.41) is 10.5. The van der Waals surface area contributed by atoms with Gasteiger partial charge in [0.15, 0.2) is 11.5 Å². The van der Waals surface area contributed by atoms with Crippen LogP contribution in [0.15, 0.2) is 18.2 Å². The predicted molar refractivity (Wildman–Crippen MR) is 68.8 cm³/mol. The molecular weight excluding hydrogens is 228 g/mol. The topological polar surface area (TPSA) is 38.7 Å². The first kappa shape index (κ1) is 11.8. The summed E-state index contributed by atoms with van der Waals surface area (Å²) in [6.45, 7) is 0. The molecule has 0 heterocycles. The summed E-state index contributed by atoms with van der Waals surface area (Å²) in [6, 6.07) is 5.72. The summed E-state index contributed by atoms with van der Waals surface area (Å²) in [5.74, 6) is 3.39. The van der Waals surface area contributed by atoms with E-state index < -0.39 is 0 Å². The summed E-state index contributed by atoms with van der Waals surface area (Å²) >= 11 is 0. The van der Waals surface area contributed by atoms with Gasteiger partial charge in [0.2, 0.25) is 0 Å². The Hall–Kier alpha value is -1.22. The van der Waals surface area contributed by atoms with E-state index in [-0.39, 0.29) is 6.10 Å². The molecule has 0 amide bonds. The fourth-order valence-corrected chi connectivity index (χ4v) is 3.60. The monoisotopic (exact) mass is 248 g/mol. The van der Waals surface area contributed by atoms with Gasteiger partial charge in [-0.3, -0.25) is 0 Å². The van der Waals surface area contributed by atoms with Crippen molar-refractivity contribution < 1.29 is 14.6 Å². The Morgan fingerprint density at radius 3 is 2.39 bits per heavy atom. The Morgan fingerprint density at radius 1 is 1.11 bits per heavy atom. The molecule has 2 aliphatic rings. The standard InChI is InChI=1S/C15H20O3/c1-17-12-7-6-9(8-13(12)18-2)15(16)14-10-4-3-5-11(10)14/h6-8,10-11,14-16H,3-5H2,1-2H3. The van der Waals surface area contributed by atoms with Crippen LogP contribution < -0.4 is 9.47 Å². The maximum Gasteiger partial charge on any atom is 0.161 e. The van der Waals surface area contributed by atoms with Crippen LogP contribution in [-0.2, 0) is 0 Å². The Balaban J connectivity index is 1.79. The highest BCUT2D eigenvalue weighted by molar-refractivity contribution is 5.44. The van der Waals surface area contributed by atoms with Crippen LogP contribution in [0.4, 0.5) is 0 Å². The number of rotatable bonds is 4. The molecule has 1 aromatic rings. The lowest BCUT2D eigenvalue weighted by Crippen LogP contribution is -2.05. The summed E-state index contributed by atoms with van der Waals surface area (Å²) in [6.07, 6.45) is 3.57. The molecular formula is C15H20O3. The van der Waals surface area contributed by atoms with Crippen LogP contribution in [0.2, 0.25) is 0 Å². The molecule has 98 valence electrons. The zero-order valence-corrected chi connectivity index (χ0v) is 10.9. The number of aliphatic hydroxyl groups is 1. The summed E-state index contributed by atoms with van der Waals surface area (Å²) in [7, 11) is 3.25. The smallest absolute Gasteiger partial charge is 0.161 e. The maximum atomic E-state index is 10.5. The molecule has 3 rings (SSSR count). The molecule has 1 aromatic carbocycles. The van der Waals surface area contributed by atoms with Gasteiger partial charge in [-0.15, -0.1) is 0 Å². The lowest BCUT2D eigenvalue weighted by molar-refractivity contribution is 0.136. The largest absolute Gasteiger partial charge is 0.493 e. The number of methoxy groups -OCH3 is 2. The Bertz CT molecular complexity index is 433. The molecule has 0 aromatic heterocycles. The molecule has 18 heavy (non-hydrogen) atoms. The molecule has 3 unspecified atom stereocenters. The third-order valence-corrected chi connectivity index (χ3v) is 4.59. The Morgan fingerprint density at radius 2 is 1.78 bits per heavy atom. The molecule has 3 atom stereocenters. The van der Waals surface area contributed by atoms with Gasteiger partial charge in [-0.2, -0.15) is 0 Å². The molecule has 1 N–H and O–H groups in total. The van der Waals surface area contributed by atoms with E-state index in [4.69, 9.17) is 9.47 Å². The maximum absolute atomic E-state index is 10.5. The Kier molecular flexibility index (Phi) is 2.94. The number of ether oxygens (including phenoxy) is 2. The van der Waals surface area contributed by atoms with E-state index in [0.29, 0.717) is 17.4 Å². The van der Waals surface area contributed by atoms with Gasteiger partial charge in [0.1, 0.15) is 0 Å². The molecule has 3 nitrogen and oxygen atoms in total. The first-order valence-electron chi connectivity index (χ1n) is 6.66. The molecule has 3 heteroatoms. The van der Waals surface area contributed by atoms with Crippen molar-refractivity contribution in [1.29, 1.82) is 0 Å². The molecule has 2 aliphatic carbocycles. The number of benzene rings is 1. The van der Waals surface area contributed by atoms with E-state index in [1.807, 2.05) is 18.2 Å². The van der Waals surface area contributed by atoms with Crippen molar-refractivity contribution in [3.05, 3.63) is 23.8 Å². The number of hydrogen-bond donors (Lipinski definition) is 1. The van der Waals surface area contributed by atoms with Gasteiger partial charge >= 0.3 is 0 Å². The van der Waals surface area contributed by atoms with Crippen LogP contribution in [0, 0.1) is 17.8 Å². The molecule has 0 saturated heterocycles. The number of fused-ring (bicyclic) bond motifs is 1. The second kappa shape index (κ2) is 4.47. The highest BCUT2D eigenvalue weighted by Crippen LogP contribution is 2.62. The van der Waals surface area contributed by atoms with Gasteiger partial charge in [0.05, 0.1) is 20.3 Å². The molecule has 0 bridgehead atoms. The van der Waals surface area contributed by atoms with Crippen LogP contribution in [0.1, 0.15) is 30.9 Å². The van der Waals surface area contributed by atoms with Gasteiger partial charge in [-0.25, -0.2) is 0 Å². The van der Waals surface area contributed by atoms with Crippen molar-refractivity contribution in [2.45, 2.75) is 25.4 Å². The zero-order valence-electron chi connectivity index (χ0n) is 10.9. The first-order valence-corrected chi connectivity index (χ1v) is 6.66. The predicted octanol–water partition coefficient (Wildman–Crippen LogP) is 2.78. The second-order valence-electron chi connectivity index (χ2n) is 5.40. The van der Waals surface area contributed by atoms with E-state index in [1.54, 1.807) is 14.2 Å². The highest BCUT2D eigenvalue weighted by Gasteiger charge is 2.55. The first-order chi connectivity index (χ1) is 8.76. The van der Waals surface area contributed by atoms with E-state index in [0.717, 1.165) is 17.4 Å². The van der Waals surface area contributed by atoms with E-state index >= 15 is 0 Å². The van der Waals surface area contributed by atoms with E-state index in [2.05, 4.69) is 0 Å². The lowest BCUT2D eigenvalue weighted by Gasteiger charge is -2.15. The summed E-state index contributed by atoms with van der Waals surface area (Å²) in [5.41, 5.74) is 0.951. The van der Waals surface area contributed by atoms with E-state index in [9.17, 15) is 5.11 Å². The summed E-state index contributed by atoms with van der Waals surface area (Å²) in [4.78, 5) is 0. The fraction of sp³-hybridized carbons (Fsp3) is 0.600. The zero-order chi connectivity index (χ0) is 12.7. The van der Waals surface area contributed by atoms with Gasteiger partial charge in [0, 0.05) is 0 Å². The SMILES string of the molecule is COc1ccc(C(O)C2C3CCCC32)cc1OC. The molecule has 0 spiro atoms. The van der Waals surface area contributed by atoms with Crippen molar-refractivity contribution in [3.63, 3.8) is 0 Å². The van der Waals surface area contributed by atoms with Crippen molar-refractivity contribution in [2.75, 3.05) is 14.2 Å². The van der Waals surface area contributed by atoms with Gasteiger partial charge in [-0.1, -0.05) is 12.5 Å². The van der Waals surface area contributed by atoms with Crippen LogP contribution >= 0.6 is 0 Å². The van der Waals surface area contributed by atoms with E-state index in [1.165, 1.54) is 19.3 Å². The van der Waals surface area contributed by atoms with Crippen molar-refractivity contribution in [2.24, 2.45) is 17.8 Å². The average Bonchev–Trinajstić information content (AvgIpc) is 2.89. The normalized spacial score (nSPS) is 30.7. The second-order valence-corrected chi connectivity index (χ2v) is 5.40. The minimum absolute atomic E-state index is 0.347. The molecule has 2 fully saturated rings. The molecule has 2 saturated carbocycles. The van der Waals surface area contributed by atoms with Crippen molar-refractivity contribution >= 4 is 0 Å². The van der Waals surface area contributed by atoms with Gasteiger partial charge in [-0.05, 0) is 48.3 Å². The van der Waals surface area contributed by atoms with Crippen LogP contribution in [0.25, 0.3) is 0 Å². The minimum atomic E-state index is -0.347. The third-order valence-electron chi connectivity index (χ3n) is 4.59. The fourth-order valence-electron chi connectivity index (χ4n) is 3.60. The quantitative estimate of drug-likeness (QED) is 0.890. The van der Waals surface area contributed by atoms with Crippen LogP contribution in [-0.4, -0.2) is 19.3 Å². The highest BCUT2D eigenvalue weighted by atomic mass is 16.5. The summed E-state index contributed by atoms with van der Waals surface area (Å²) < 4.78 is 10.5. The average molecular weight is 248 g/mol. The Labute approximate surface area is 108 Å². The van der Waals surface area contributed by atoms with Crippen molar-refractivity contribution in [3.8, 4) is 11.5 Å². The van der Waals surface area contributed by atoms with Crippen LogP contribution in [0.5, 0.6) is 11.5 Å². The minimum Gasteiger partial charge on any atom is -0.493 e. The number of aliphatic hydroxyl groups excluding tert-OH is 1. The number of hydrogen-bond acceptors (Lipinski definition) is 3. The van der Waals surface area contributed by atoms with Crippen molar-refractivity contribution in [1.82, 2.24) is 0 Å². The van der Waals surface area contributed by atoms with Gasteiger partial charge in [0.25, 0.3) is 0 Å². The molecule has 0 radical (unpaired) electrons. The molecule has 0 aliphatic heterocycles. The third kappa shape index (κ3) is 1.77.